The maximum absolute atomic E-state index is 10.8. The molecule has 6 heteroatoms. The first-order chi connectivity index (χ1) is 9.37. The molecule has 1 unspecified atom stereocenters. The standard InChI is InChI=1S/C14H19N3O3/c1-11-12(17(18)19)6-5-7-13(11)20-9-4-3-8-14(2,16)10-15/h5-7H,3-4,8-9,16H2,1-2H3. The van der Waals surface area contributed by atoms with Crippen LogP contribution < -0.4 is 10.5 Å². The zero-order chi connectivity index (χ0) is 15.2. The van der Waals surface area contributed by atoms with Gasteiger partial charge in [0, 0.05) is 6.07 Å². The van der Waals surface area contributed by atoms with Crippen molar-refractivity contribution in [2.24, 2.45) is 5.73 Å². The third kappa shape index (κ3) is 4.52. The smallest absolute Gasteiger partial charge is 0.276 e. The zero-order valence-electron chi connectivity index (χ0n) is 11.8. The fourth-order valence-corrected chi connectivity index (χ4v) is 1.79. The molecule has 0 aliphatic heterocycles. The summed E-state index contributed by atoms with van der Waals surface area (Å²) < 4.78 is 5.55. The Morgan fingerprint density at radius 3 is 2.80 bits per heavy atom. The number of ether oxygens (including phenoxy) is 1. The second-order valence-electron chi connectivity index (χ2n) is 4.99. The highest BCUT2D eigenvalue weighted by molar-refractivity contribution is 5.48. The summed E-state index contributed by atoms with van der Waals surface area (Å²) in [6.45, 7) is 3.81. The van der Waals surface area contributed by atoms with Gasteiger partial charge in [0.2, 0.25) is 0 Å². The van der Waals surface area contributed by atoms with Crippen molar-refractivity contribution >= 4 is 5.69 Å². The lowest BCUT2D eigenvalue weighted by Gasteiger charge is -2.15. The normalized spacial score (nSPS) is 13.3. The van der Waals surface area contributed by atoms with Crippen molar-refractivity contribution in [1.29, 1.82) is 5.26 Å². The number of benzene rings is 1. The van der Waals surface area contributed by atoms with Crippen LogP contribution in [-0.4, -0.2) is 17.1 Å². The van der Waals surface area contributed by atoms with Gasteiger partial charge in [0.25, 0.3) is 5.69 Å². The van der Waals surface area contributed by atoms with Gasteiger partial charge in [-0.2, -0.15) is 5.26 Å². The van der Waals surface area contributed by atoms with Crippen molar-refractivity contribution in [3.63, 3.8) is 0 Å². The monoisotopic (exact) mass is 277 g/mol. The quantitative estimate of drug-likeness (QED) is 0.469. The highest BCUT2D eigenvalue weighted by atomic mass is 16.6. The number of nitrogens with zero attached hydrogens (tertiary/aromatic N) is 2. The van der Waals surface area contributed by atoms with Gasteiger partial charge in [-0.1, -0.05) is 6.07 Å². The minimum absolute atomic E-state index is 0.0570. The first-order valence-electron chi connectivity index (χ1n) is 6.44. The van der Waals surface area contributed by atoms with Gasteiger partial charge >= 0.3 is 0 Å². The third-order valence-corrected chi connectivity index (χ3v) is 3.06. The molecule has 0 spiro atoms. The molecular weight excluding hydrogens is 258 g/mol. The molecule has 0 saturated heterocycles. The molecule has 108 valence electrons. The fourth-order valence-electron chi connectivity index (χ4n) is 1.79. The van der Waals surface area contributed by atoms with Crippen molar-refractivity contribution in [1.82, 2.24) is 0 Å². The van der Waals surface area contributed by atoms with Crippen molar-refractivity contribution in [3.05, 3.63) is 33.9 Å². The summed E-state index contributed by atoms with van der Waals surface area (Å²) >= 11 is 0. The summed E-state index contributed by atoms with van der Waals surface area (Å²) in [5.74, 6) is 0.523. The van der Waals surface area contributed by atoms with E-state index in [1.165, 1.54) is 6.07 Å². The van der Waals surface area contributed by atoms with Crippen LogP contribution in [0.15, 0.2) is 18.2 Å². The highest BCUT2D eigenvalue weighted by Gasteiger charge is 2.16. The van der Waals surface area contributed by atoms with Gasteiger partial charge in [-0.15, -0.1) is 0 Å². The van der Waals surface area contributed by atoms with Gasteiger partial charge in [0.05, 0.1) is 23.2 Å². The number of unbranched alkanes of at least 4 members (excludes halogenated alkanes) is 1. The second-order valence-corrected chi connectivity index (χ2v) is 4.99. The van der Waals surface area contributed by atoms with Gasteiger partial charge in [0.1, 0.15) is 11.3 Å². The maximum atomic E-state index is 10.8. The topological polar surface area (TPSA) is 102 Å². The average Bonchev–Trinajstić information content (AvgIpc) is 2.39. The van der Waals surface area contributed by atoms with E-state index in [0.717, 1.165) is 12.8 Å². The van der Waals surface area contributed by atoms with Crippen molar-refractivity contribution in [3.8, 4) is 11.8 Å². The number of hydrogen-bond donors (Lipinski definition) is 1. The molecule has 1 atom stereocenters. The number of hydrogen-bond acceptors (Lipinski definition) is 5. The molecule has 0 fully saturated rings. The van der Waals surface area contributed by atoms with Crippen LogP contribution in [0.2, 0.25) is 0 Å². The molecule has 0 bridgehead atoms. The van der Waals surface area contributed by atoms with E-state index in [2.05, 4.69) is 0 Å². The van der Waals surface area contributed by atoms with Crippen LogP contribution in [0.1, 0.15) is 31.7 Å². The Bertz CT molecular complexity index is 521. The van der Waals surface area contributed by atoms with Crippen molar-refractivity contribution in [2.45, 2.75) is 38.6 Å². The summed E-state index contributed by atoms with van der Waals surface area (Å²) in [6, 6.07) is 6.81. The number of rotatable bonds is 7. The summed E-state index contributed by atoms with van der Waals surface area (Å²) in [5, 5.41) is 19.6. The predicted molar refractivity (Wildman–Crippen MR) is 75.4 cm³/mol. The Morgan fingerprint density at radius 2 is 2.20 bits per heavy atom. The first-order valence-corrected chi connectivity index (χ1v) is 6.44. The lowest BCUT2D eigenvalue weighted by Crippen LogP contribution is -2.33. The van der Waals surface area contributed by atoms with Gasteiger partial charge < -0.3 is 10.5 Å². The zero-order valence-corrected chi connectivity index (χ0v) is 11.8. The molecule has 1 rings (SSSR count). The third-order valence-electron chi connectivity index (χ3n) is 3.06. The van der Waals surface area contributed by atoms with Crippen LogP contribution in [0.4, 0.5) is 5.69 Å². The van der Waals surface area contributed by atoms with Gasteiger partial charge in [0.15, 0.2) is 0 Å². The van der Waals surface area contributed by atoms with Crippen LogP contribution in [0.25, 0.3) is 0 Å². The average molecular weight is 277 g/mol. The second kappa shape index (κ2) is 6.87. The molecule has 0 amide bonds. The van der Waals surface area contributed by atoms with Gasteiger partial charge in [-0.3, -0.25) is 10.1 Å². The Labute approximate surface area is 118 Å². The number of nitriles is 1. The lowest BCUT2D eigenvalue weighted by molar-refractivity contribution is -0.385. The number of nitro benzene ring substituents is 1. The summed E-state index contributed by atoms with van der Waals surface area (Å²) in [4.78, 5) is 10.4. The summed E-state index contributed by atoms with van der Waals surface area (Å²) in [5.41, 5.74) is 5.49. The van der Waals surface area contributed by atoms with Crippen LogP contribution in [0, 0.1) is 28.4 Å². The Morgan fingerprint density at radius 1 is 1.50 bits per heavy atom. The van der Waals surface area contributed by atoms with Crippen molar-refractivity contribution in [2.75, 3.05) is 6.61 Å². The Kier molecular flexibility index (Phi) is 5.47. The molecule has 0 saturated carbocycles. The van der Waals surface area contributed by atoms with E-state index in [1.807, 2.05) is 6.07 Å². The Hall–Kier alpha value is -2.13. The first kappa shape index (κ1) is 15.9. The molecule has 6 nitrogen and oxygen atoms in total. The molecule has 0 heterocycles. The fraction of sp³-hybridized carbons (Fsp3) is 0.500. The van der Waals surface area contributed by atoms with E-state index in [9.17, 15) is 10.1 Å². The summed E-state index contributed by atoms with van der Waals surface area (Å²) in [7, 11) is 0. The van der Waals surface area contributed by atoms with E-state index in [4.69, 9.17) is 15.7 Å². The minimum Gasteiger partial charge on any atom is -0.493 e. The Balaban J connectivity index is 2.46. The molecular formula is C14H19N3O3. The largest absolute Gasteiger partial charge is 0.493 e. The van der Waals surface area contributed by atoms with Gasteiger partial charge in [-0.05, 0) is 39.2 Å². The molecule has 0 aliphatic rings. The minimum atomic E-state index is -0.804. The molecule has 2 N–H and O–H groups in total. The van der Waals surface area contributed by atoms with Crippen LogP contribution in [0.5, 0.6) is 5.75 Å². The molecule has 0 aliphatic carbocycles. The predicted octanol–water partition coefficient (Wildman–Crippen LogP) is 2.69. The highest BCUT2D eigenvalue weighted by Crippen LogP contribution is 2.27. The van der Waals surface area contributed by atoms with E-state index in [-0.39, 0.29) is 5.69 Å². The molecule has 20 heavy (non-hydrogen) atoms. The number of nitrogens with two attached hydrogens (primary N) is 1. The van der Waals surface area contributed by atoms with E-state index >= 15 is 0 Å². The number of nitro groups is 1. The molecule has 0 aromatic heterocycles. The lowest BCUT2D eigenvalue weighted by atomic mass is 9.98. The van der Waals surface area contributed by atoms with Crippen LogP contribution in [-0.2, 0) is 0 Å². The maximum Gasteiger partial charge on any atom is 0.276 e. The van der Waals surface area contributed by atoms with E-state index < -0.39 is 10.5 Å². The van der Waals surface area contributed by atoms with Crippen LogP contribution in [0.3, 0.4) is 0 Å². The van der Waals surface area contributed by atoms with E-state index in [1.54, 1.807) is 26.0 Å². The molecule has 1 aromatic rings. The van der Waals surface area contributed by atoms with E-state index in [0.29, 0.717) is 24.3 Å². The van der Waals surface area contributed by atoms with Crippen molar-refractivity contribution < 1.29 is 9.66 Å². The SMILES string of the molecule is Cc1c(OCCCCC(C)(N)C#N)cccc1[N+](=O)[O-]. The van der Waals surface area contributed by atoms with Crippen LogP contribution >= 0.6 is 0 Å². The molecule has 1 aromatic carbocycles. The van der Waals surface area contributed by atoms with Gasteiger partial charge in [-0.25, -0.2) is 0 Å². The molecule has 0 radical (unpaired) electrons. The summed E-state index contributed by atoms with van der Waals surface area (Å²) in [6.07, 6.45) is 2.12.